The molecule has 1 aliphatic heterocycles. The first-order valence-electron chi connectivity index (χ1n) is 17.1. The van der Waals surface area contributed by atoms with Crippen molar-refractivity contribution in [2.24, 2.45) is 0 Å². The van der Waals surface area contributed by atoms with E-state index in [-0.39, 0.29) is 0 Å². The van der Waals surface area contributed by atoms with Gasteiger partial charge in [-0.2, -0.15) is 0 Å². The van der Waals surface area contributed by atoms with E-state index < -0.39 is 5.41 Å². The summed E-state index contributed by atoms with van der Waals surface area (Å²) >= 11 is 3.72. The summed E-state index contributed by atoms with van der Waals surface area (Å²) in [4.78, 5) is 17.8. The van der Waals surface area contributed by atoms with Crippen LogP contribution in [0, 0.1) is 0 Å². The molecule has 0 bridgehead atoms. The quantitative estimate of drug-likeness (QED) is 0.186. The number of benzene rings is 7. The molecule has 0 fully saturated rings. The van der Waals surface area contributed by atoms with E-state index >= 15 is 0 Å². The zero-order valence-electron chi connectivity index (χ0n) is 27.2. The Balaban J connectivity index is 1.18. The van der Waals surface area contributed by atoms with Crippen LogP contribution in [0.2, 0.25) is 0 Å². The molecule has 2 aromatic heterocycles. The third-order valence-corrected chi connectivity index (χ3v) is 12.7. The van der Waals surface area contributed by atoms with Crippen molar-refractivity contribution in [2.45, 2.75) is 15.2 Å². The molecule has 1 aliphatic carbocycles. The highest BCUT2D eigenvalue weighted by atomic mass is 32.2. The Labute approximate surface area is 303 Å². The van der Waals surface area contributed by atoms with Gasteiger partial charge in [-0.1, -0.05) is 151 Å². The molecule has 51 heavy (non-hydrogen) atoms. The van der Waals surface area contributed by atoms with Crippen LogP contribution in [-0.4, -0.2) is 15.0 Å². The molecule has 2 aliphatic rings. The van der Waals surface area contributed by atoms with Crippen molar-refractivity contribution in [3.63, 3.8) is 0 Å². The van der Waals surface area contributed by atoms with E-state index in [0.717, 1.165) is 16.7 Å². The number of thiophene rings is 1. The predicted octanol–water partition coefficient (Wildman–Crippen LogP) is 12.1. The molecular weight excluding hydrogens is 659 g/mol. The van der Waals surface area contributed by atoms with Crippen molar-refractivity contribution in [2.75, 3.05) is 0 Å². The number of hydrogen-bond donors (Lipinski definition) is 0. The van der Waals surface area contributed by atoms with Gasteiger partial charge in [0.15, 0.2) is 17.5 Å². The van der Waals surface area contributed by atoms with E-state index in [1.807, 2.05) is 59.5 Å². The number of hydrogen-bond acceptors (Lipinski definition) is 5. The molecule has 11 rings (SSSR count). The Hall–Kier alpha value is -5.88. The molecule has 0 radical (unpaired) electrons. The first-order chi connectivity index (χ1) is 25.3. The summed E-state index contributed by atoms with van der Waals surface area (Å²) < 4.78 is 2.45. The van der Waals surface area contributed by atoms with Gasteiger partial charge in [-0.3, -0.25) is 0 Å². The fourth-order valence-corrected chi connectivity index (χ4v) is 10.8. The van der Waals surface area contributed by atoms with Gasteiger partial charge in [0.2, 0.25) is 0 Å². The zero-order valence-corrected chi connectivity index (χ0v) is 28.9. The first-order valence-corrected chi connectivity index (χ1v) is 18.7. The average Bonchev–Trinajstić information content (AvgIpc) is 3.71. The van der Waals surface area contributed by atoms with E-state index in [1.165, 1.54) is 63.3 Å². The van der Waals surface area contributed by atoms with Gasteiger partial charge in [0.05, 0.1) is 5.41 Å². The van der Waals surface area contributed by atoms with Crippen molar-refractivity contribution >= 4 is 43.3 Å². The van der Waals surface area contributed by atoms with Crippen LogP contribution in [0.5, 0.6) is 0 Å². The molecule has 0 N–H and O–H groups in total. The number of aromatic nitrogens is 3. The highest BCUT2D eigenvalue weighted by Crippen LogP contribution is 2.63. The molecule has 0 unspecified atom stereocenters. The second-order valence-corrected chi connectivity index (χ2v) is 15.2. The summed E-state index contributed by atoms with van der Waals surface area (Å²) in [7, 11) is 0. The van der Waals surface area contributed by atoms with Crippen molar-refractivity contribution < 1.29 is 0 Å². The topological polar surface area (TPSA) is 38.7 Å². The molecule has 3 nitrogen and oxygen atoms in total. The van der Waals surface area contributed by atoms with E-state index in [1.54, 1.807) is 0 Å². The Morgan fingerprint density at radius 3 is 1.61 bits per heavy atom. The lowest BCUT2D eigenvalue weighted by atomic mass is 9.67. The molecule has 5 heteroatoms. The van der Waals surface area contributed by atoms with Crippen molar-refractivity contribution in [1.82, 2.24) is 15.0 Å². The van der Waals surface area contributed by atoms with Crippen LogP contribution in [0.25, 0.3) is 65.5 Å². The van der Waals surface area contributed by atoms with Crippen LogP contribution in [0.1, 0.15) is 22.3 Å². The third-order valence-electron chi connectivity index (χ3n) is 10.4. The molecule has 1 spiro atoms. The standard InChI is InChI=1S/C46H27N3S2/c1-3-14-28(15-4-1)43-47-44(29-16-5-2-6-17-29)49-45(48-43)33-21-13-20-32-34-26-38-41(27-40(34)51-42(32)33)50-39-25-12-11-24-37(39)46(38)35-22-9-7-18-30(35)31-19-8-10-23-36(31)46/h1-27H. The minimum absolute atomic E-state index is 0.409. The highest BCUT2D eigenvalue weighted by Gasteiger charge is 2.50. The van der Waals surface area contributed by atoms with Gasteiger partial charge < -0.3 is 0 Å². The molecule has 0 amide bonds. The molecule has 9 aromatic rings. The lowest BCUT2D eigenvalue weighted by Crippen LogP contribution is -2.31. The Morgan fingerprint density at radius 2 is 0.941 bits per heavy atom. The van der Waals surface area contributed by atoms with Crippen molar-refractivity contribution in [1.29, 1.82) is 0 Å². The van der Waals surface area contributed by atoms with Gasteiger partial charge in [0.1, 0.15) is 0 Å². The van der Waals surface area contributed by atoms with Crippen LogP contribution < -0.4 is 0 Å². The van der Waals surface area contributed by atoms with Gasteiger partial charge in [0, 0.05) is 46.7 Å². The van der Waals surface area contributed by atoms with E-state index in [0.29, 0.717) is 17.5 Å². The molecular formula is C46H27N3S2. The summed E-state index contributed by atoms with van der Waals surface area (Å²) in [6.07, 6.45) is 0. The fourth-order valence-electron chi connectivity index (χ4n) is 8.25. The fraction of sp³-hybridized carbons (Fsp3) is 0.0217. The maximum atomic E-state index is 5.11. The summed E-state index contributed by atoms with van der Waals surface area (Å²) in [6.45, 7) is 0. The predicted molar refractivity (Wildman–Crippen MR) is 210 cm³/mol. The molecule has 0 saturated carbocycles. The Bertz CT molecular complexity index is 2740. The normalized spacial score (nSPS) is 13.6. The van der Waals surface area contributed by atoms with Crippen molar-refractivity contribution in [3.05, 3.63) is 186 Å². The zero-order chi connectivity index (χ0) is 33.5. The maximum Gasteiger partial charge on any atom is 0.165 e. The van der Waals surface area contributed by atoms with Crippen LogP contribution >= 0.6 is 23.1 Å². The minimum Gasteiger partial charge on any atom is -0.208 e. The van der Waals surface area contributed by atoms with Crippen LogP contribution in [-0.2, 0) is 5.41 Å². The maximum absolute atomic E-state index is 5.11. The second-order valence-electron chi connectivity index (χ2n) is 13.1. The molecule has 0 atom stereocenters. The van der Waals surface area contributed by atoms with Crippen molar-refractivity contribution in [3.8, 4) is 45.3 Å². The lowest BCUT2D eigenvalue weighted by Gasteiger charge is -2.39. The average molecular weight is 686 g/mol. The molecule has 0 saturated heterocycles. The van der Waals surface area contributed by atoms with Gasteiger partial charge in [0.25, 0.3) is 0 Å². The monoisotopic (exact) mass is 685 g/mol. The summed E-state index contributed by atoms with van der Waals surface area (Å²) in [5, 5.41) is 2.48. The smallest absolute Gasteiger partial charge is 0.165 e. The summed E-state index contributed by atoms with van der Waals surface area (Å²) in [6, 6.07) is 58.9. The number of fused-ring (bicyclic) bond motifs is 12. The second kappa shape index (κ2) is 11.1. The largest absolute Gasteiger partial charge is 0.208 e. The van der Waals surface area contributed by atoms with E-state index in [2.05, 4.69) is 127 Å². The minimum atomic E-state index is -0.409. The molecule has 7 aromatic carbocycles. The van der Waals surface area contributed by atoms with Crippen LogP contribution in [0.3, 0.4) is 0 Å². The number of rotatable bonds is 3. The SMILES string of the molecule is c1ccc(-c2nc(-c3ccccc3)nc(-c3cccc4c3sc3cc5c(cc34)C3(c4ccccc4S5)c4ccccc4-c4ccccc43)n2)cc1. The van der Waals surface area contributed by atoms with Gasteiger partial charge in [-0.05, 0) is 57.6 Å². The summed E-state index contributed by atoms with van der Waals surface area (Å²) in [5.74, 6) is 2.02. The Morgan fingerprint density at radius 1 is 0.392 bits per heavy atom. The molecule has 238 valence electrons. The van der Waals surface area contributed by atoms with Gasteiger partial charge in [-0.15, -0.1) is 11.3 Å². The van der Waals surface area contributed by atoms with E-state index in [9.17, 15) is 0 Å². The van der Waals surface area contributed by atoms with Gasteiger partial charge >= 0.3 is 0 Å². The lowest BCUT2D eigenvalue weighted by molar-refractivity contribution is 0.724. The third kappa shape index (κ3) is 4.16. The first kappa shape index (κ1) is 28.9. The van der Waals surface area contributed by atoms with Crippen LogP contribution in [0.4, 0.5) is 0 Å². The molecule has 3 heterocycles. The van der Waals surface area contributed by atoms with Crippen LogP contribution in [0.15, 0.2) is 174 Å². The van der Waals surface area contributed by atoms with Gasteiger partial charge in [-0.25, -0.2) is 15.0 Å². The van der Waals surface area contributed by atoms with E-state index in [4.69, 9.17) is 15.0 Å². The summed E-state index contributed by atoms with van der Waals surface area (Å²) in [5.41, 5.74) is 10.6. The highest BCUT2D eigenvalue weighted by molar-refractivity contribution is 7.99. The Kier molecular flexibility index (Phi) is 6.27. The number of nitrogens with zero attached hydrogens (tertiary/aromatic N) is 3.